The molecule has 2 aromatic rings. The fourth-order valence-electron chi connectivity index (χ4n) is 2.52. The van der Waals surface area contributed by atoms with Crippen LogP contribution in [-0.4, -0.2) is 49.9 Å². The molecule has 0 aliphatic heterocycles. The summed E-state index contributed by atoms with van der Waals surface area (Å²) in [5, 5.41) is 1.80. The predicted octanol–water partition coefficient (Wildman–Crippen LogP) is 1.73. The van der Waals surface area contributed by atoms with Gasteiger partial charge in [0.2, 0.25) is 6.41 Å². The van der Waals surface area contributed by atoms with Crippen LogP contribution in [0.4, 0.5) is 0 Å². The van der Waals surface area contributed by atoms with E-state index in [4.69, 9.17) is 9.36 Å². The largest absolute Gasteiger partial charge is 0.379 e. The number of rotatable bonds is 9. The Morgan fingerprint density at radius 2 is 2.08 bits per heavy atom. The van der Waals surface area contributed by atoms with Gasteiger partial charge >= 0.3 is 0 Å². The number of hydroxylamine groups is 2. The van der Waals surface area contributed by atoms with Gasteiger partial charge in [-0.25, -0.2) is 13.5 Å². The zero-order chi connectivity index (χ0) is 18.4. The van der Waals surface area contributed by atoms with Gasteiger partial charge < -0.3 is 4.74 Å². The van der Waals surface area contributed by atoms with E-state index in [0.717, 1.165) is 16.0 Å². The Bertz CT molecular complexity index is 830. The van der Waals surface area contributed by atoms with Gasteiger partial charge in [0, 0.05) is 28.2 Å². The maximum Gasteiger partial charge on any atom is 0.233 e. The van der Waals surface area contributed by atoms with Crippen molar-refractivity contribution in [2.45, 2.75) is 24.8 Å². The van der Waals surface area contributed by atoms with Crippen molar-refractivity contribution in [3.8, 4) is 0 Å². The van der Waals surface area contributed by atoms with Crippen LogP contribution < -0.4 is 0 Å². The maximum atomic E-state index is 12.6. The Hall–Kier alpha value is -1.60. The third-order valence-electron chi connectivity index (χ3n) is 3.92. The summed E-state index contributed by atoms with van der Waals surface area (Å²) in [5.41, 5.74) is 1.39. The summed E-state index contributed by atoms with van der Waals surface area (Å²) in [5.74, 6) is -0.469. The second kappa shape index (κ2) is 8.67. The summed E-state index contributed by atoms with van der Waals surface area (Å²) < 4.78 is 35.3. The molecule has 0 saturated carbocycles. The topological polar surface area (TPSA) is 85.8 Å². The quantitative estimate of drug-likeness (QED) is 0.372. The molecule has 3 unspecified atom stereocenters. The predicted molar refractivity (Wildman–Crippen MR) is 98.2 cm³/mol. The molecule has 25 heavy (non-hydrogen) atoms. The van der Waals surface area contributed by atoms with Gasteiger partial charge in [-0.2, -0.15) is 0 Å². The minimum atomic E-state index is -3.53. The Morgan fingerprint density at radius 1 is 1.36 bits per heavy atom. The molecular weight excluding hydrogens is 363 g/mol. The van der Waals surface area contributed by atoms with Crippen LogP contribution in [0.5, 0.6) is 0 Å². The second-order valence-corrected chi connectivity index (χ2v) is 7.99. The first-order valence-corrected chi connectivity index (χ1v) is 9.87. The van der Waals surface area contributed by atoms with Crippen molar-refractivity contribution in [2.75, 3.05) is 12.9 Å². The lowest BCUT2D eigenvalue weighted by molar-refractivity contribution is -0.153. The fraction of sp³-hybridized carbons (Fsp3) is 0.375. The molecule has 0 spiro atoms. The molecule has 2 rings (SSSR count). The number of methoxy groups -OCH3 is 1. The molecule has 0 saturated heterocycles. The lowest BCUT2D eigenvalue weighted by Gasteiger charge is -2.29. The summed E-state index contributed by atoms with van der Waals surface area (Å²) in [7, 11) is -0.153. The summed E-state index contributed by atoms with van der Waals surface area (Å²) in [6.07, 6.45) is 1.47. The smallest absolute Gasteiger partial charge is 0.233 e. The number of carbonyl (C=O) groups is 1. The number of ether oxygens (including phenoxy) is 1. The maximum absolute atomic E-state index is 12.6. The van der Waals surface area contributed by atoms with E-state index in [1.54, 1.807) is 19.2 Å². The highest BCUT2D eigenvalue weighted by molar-refractivity contribution is 7.90. The van der Waals surface area contributed by atoms with Crippen LogP contribution in [0, 0.1) is 0 Å². The van der Waals surface area contributed by atoms with Crippen LogP contribution in [0.2, 0.25) is 0 Å². The highest BCUT2D eigenvalue weighted by atomic mass is 32.2. The molecule has 1 amide bonds. The number of para-hydroxylation sites is 1. The van der Waals surface area contributed by atoms with E-state index in [-0.39, 0.29) is 11.5 Å². The van der Waals surface area contributed by atoms with Gasteiger partial charge in [-0.05, 0) is 24.6 Å². The van der Waals surface area contributed by atoms with Crippen molar-refractivity contribution in [1.29, 1.82) is 0 Å². The first-order valence-electron chi connectivity index (χ1n) is 7.57. The minimum absolute atomic E-state index is 0.179. The summed E-state index contributed by atoms with van der Waals surface area (Å²) in [4.78, 5) is 15.4. The molecule has 9 heteroatoms. The first kappa shape index (κ1) is 19.7. The molecule has 1 aromatic heterocycles. The van der Waals surface area contributed by atoms with Crippen LogP contribution in [0.15, 0.2) is 36.5 Å². The van der Waals surface area contributed by atoms with Gasteiger partial charge in [-0.15, -0.1) is 0 Å². The third kappa shape index (κ3) is 5.19. The summed E-state index contributed by atoms with van der Waals surface area (Å²) in [6, 6.07) is 8.53. The van der Waals surface area contributed by atoms with Crippen LogP contribution >= 0.6 is 9.47 Å². The van der Waals surface area contributed by atoms with Crippen molar-refractivity contribution in [1.82, 2.24) is 10.0 Å². The van der Waals surface area contributed by atoms with Crippen LogP contribution in [0.25, 0.3) is 10.9 Å². The molecular formula is C16H21N2O5PS. The van der Waals surface area contributed by atoms with Crippen LogP contribution in [0.3, 0.4) is 0 Å². The highest BCUT2D eigenvalue weighted by Crippen LogP contribution is 2.18. The number of pyridine rings is 1. The Morgan fingerprint density at radius 3 is 2.72 bits per heavy atom. The average molecular weight is 384 g/mol. The van der Waals surface area contributed by atoms with Gasteiger partial charge in [-0.3, -0.25) is 14.4 Å². The first-order chi connectivity index (χ1) is 11.9. The van der Waals surface area contributed by atoms with Gasteiger partial charge in [0.05, 0.1) is 29.2 Å². The number of fused-ring (bicyclic) bond motifs is 1. The summed E-state index contributed by atoms with van der Waals surface area (Å²) >= 11 is 0. The molecule has 1 aromatic carbocycles. The molecule has 1 heterocycles. The van der Waals surface area contributed by atoms with Crippen molar-refractivity contribution < 1.29 is 22.6 Å². The Kier molecular flexibility index (Phi) is 6.84. The van der Waals surface area contributed by atoms with E-state index >= 15 is 0 Å². The SMILES string of the molecule is COC(C)C(CS(=O)(=O)Cc1cnc2ccccc2c1)N(C=O)OP. The monoisotopic (exact) mass is 384 g/mol. The molecule has 7 nitrogen and oxygen atoms in total. The van der Waals surface area contributed by atoms with Crippen molar-refractivity contribution in [3.63, 3.8) is 0 Å². The normalized spacial score (nSPS) is 14.2. The van der Waals surface area contributed by atoms with Gasteiger partial charge in [0.25, 0.3) is 0 Å². The van der Waals surface area contributed by atoms with E-state index in [1.807, 2.05) is 33.7 Å². The molecule has 0 N–H and O–H groups in total. The average Bonchev–Trinajstić information content (AvgIpc) is 2.60. The van der Waals surface area contributed by atoms with E-state index in [0.29, 0.717) is 12.0 Å². The van der Waals surface area contributed by atoms with Crippen molar-refractivity contribution >= 4 is 36.6 Å². The zero-order valence-corrected chi connectivity index (χ0v) is 16.0. The number of aromatic nitrogens is 1. The van der Waals surface area contributed by atoms with Crippen LogP contribution in [0.1, 0.15) is 12.5 Å². The van der Waals surface area contributed by atoms with E-state index in [2.05, 4.69) is 4.98 Å². The molecule has 136 valence electrons. The van der Waals surface area contributed by atoms with Gasteiger partial charge in [0.1, 0.15) is 0 Å². The standard InChI is InChI=1S/C16H21N2O5PS/c1-12(22-2)16(18(11-19)23-24)10-25(20,21)9-13-7-14-5-3-4-6-15(14)17-8-13/h3-8,11-12,16H,9-10,24H2,1-2H3. The number of amides is 1. The van der Waals surface area contributed by atoms with Crippen molar-refractivity contribution in [3.05, 3.63) is 42.1 Å². The molecule has 0 fully saturated rings. The van der Waals surface area contributed by atoms with E-state index in [9.17, 15) is 13.2 Å². The van der Waals surface area contributed by atoms with E-state index < -0.39 is 22.0 Å². The van der Waals surface area contributed by atoms with Crippen LogP contribution in [-0.2, 0) is 29.7 Å². The summed E-state index contributed by atoms with van der Waals surface area (Å²) in [6.45, 7) is 1.68. The zero-order valence-electron chi connectivity index (χ0n) is 14.0. The Balaban J connectivity index is 2.21. The second-order valence-electron chi connectivity index (χ2n) is 5.67. The minimum Gasteiger partial charge on any atom is -0.379 e. The molecule has 0 bridgehead atoms. The lowest BCUT2D eigenvalue weighted by Crippen LogP contribution is -2.45. The lowest BCUT2D eigenvalue weighted by atomic mass is 10.2. The molecule has 3 atom stereocenters. The Labute approximate surface area is 149 Å². The molecule has 0 radical (unpaired) electrons. The number of sulfone groups is 1. The molecule has 0 aliphatic carbocycles. The molecule has 0 aliphatic rings. The number of hydrogen-bond acceptors (Lipinski definition) is 6. The third-order valence-corrected chi connectivity index (χ3v) is 5.79. The van der Waals surface area contributed by atoms with E-state index in [1.165, 1.54) is 7.11 Å². The van der Waals surface area contributed by atoms with Gasteiger partial charge in [-0.1, -0.05) is 18.2 Å². The number of nitrogens with zero attached hydrogens (tertiary/aromatic N) is 2. The number of hydrogen-bond donors (Lipinski definition) is 0. The van der Waals surface area contributed by atoms with Crippen molar-refractivity contribution in [2.24, 2.45) is 0 Å². The fourth-order valence-corrected chi connectivity index (χ4v) is 4.45. The number of benzene rings is 1. The van der Waals surface area contributed by atoms with Gasteiger partial charge in [0.15, 0.2) is 9.84 Å². The highest BCUT2D eigenvalue weighted by Gasteiger charge is 2.30. The number of carbonyl (C=O) groups excluding carboxylic acids is 1.